The lowest BCUT2D eigenvalue weighted by molar-refractivity contribution is 0.0949. The van der Waals surface area contributed by atoms with Gasteiger partial charge in [-0.15, -0.1) is 0 Å². The number of hydrogen-bond donors (Lipinski definition) is 1. The number of aliphatic imine (C=N–C) groups is 2. The number of carbonyl (C=O) groups excluding carboxylic acids is 1. The molecule has 0 bridgehead atoms. The van der Waals surface area contributed by atoms with Gasteiger partial charge in [0, 0.05) is 18.3 Å². The van der Waals surface area contributed by atoms with Crippen molar-refractivity contribution in [3.8, 4) is 0 Å². The van der Waals surface area contributed by atoms with Gasteiger partial charge in [-0.2, -0.15) is 0 Å². The van der Waals surface area contributed by atoms with Crippen LogP contribution in [0.25, 0.3) is 0 Å². The van der Waals surface area contributed by atoms with Gasteiger partial charge in [-0.05, 0) is 39.5 Å². The van der Waals surface area contributed by atoms with Crippen LogP contribution in [-0.2, 0) is 9.47 Å². The Labute approximate surface area is 157 Å². The van der Waals surface area contributed by atoms with Crippen molar-refractivity contribution in [1.82, 2.24) is 10.2 Å². The summed E-state index contributed by atoms with van der Waals surface area (Å²) < 4.78 is 37.7. The molecule has 7 nitrogen and oxygen atoms in total. The molecule has 0 aromatic rings. The zero-order valence-electron chi connectivity index (χ0n) is 15.7. The Morgan fingerprint density at radius 1 is 1.37 bits per heavy atom. The number of halogens is 2. The molecule has 1 fully saturated rings. The summed E-state index contributed by atoms with van der Waals surface area (Å²) >= 11 is 0. The van der Waals surface area contributed by atoms with E-state index >= 15 is 0 Å². The van der Waals surface area contributed by atoms with Crippen LogP contribution < -0.4 is 5.32 Å². The average Bonchev–Trinajstić information content (AvgIpc) is 2.61. The molecule has 148 valence electrons. The predicted molar refractivity (Wildman–Crippen MR) is 100 cm³/mol. The monoisotopic (exact) mass is 382 g/mol. The number of carbonyl (C=O) groups is 1. The van der Waals surface area contributed by atoms with E-state index in [2.05, 4.69) is 28.6 Å². The summed E-state index contributed by atoms with van der Waals surface area (Å²) in [5, 5.41) is 2.59. The second kappa shape index (κ2) is 11.0. The summed E-state index contributed by atoms with van der Waals surface area (Å²) in [5.41, 5.74) is 0.610. The molecule has 1 aliphatic heterocycles. The van der Waals surface area contributed by atoms with Crippen LogP contribution in [0.2, 0.25) is 0 Å². The molecule has 0 atom stereocenters. The van der Waals surface area contributed by atoms with E-state index in [9.17, 15) is 13.6 Å². The number of hydrogen-bond acceptors (Lipinski definition) is 4. The lowest BCUT2D eigenvalue weighted by Gasteiger charge is -2.25. The number of urea groups is 1. The van der Waals surface area contributed by atoms with Gasteiger partial charge < -0.3 is 14.8 Å². The first kappa shape index (κ1) is 22.2. The molecule has 9 heteroatoms. The highest BCUT2D eigenvalue weighted by Gasteiger charge is 2.16. The van der Waals surface area contributed by atoms with E-state index in [-0.39, 0.29) is 30.1 Å². The Kier molecular flexibility index (Phi) is 9.07. The van der Waals surface area contributed by atoms with Crippen LogP contribution in [0.3, 0.4) is 0 Å². The molecule has 1 N–H and O–H groups in total. The molecule has 1 heterocycles. The van der Waals surface area contributed by atoms with Crippen molar-refractivity contribution >= 4 is 18.8 Å². The molecule has 1 rings (SSSR count). The molecule has 0 aromatic carbocycles. The smallest absolute Gasteiger partial charge is 0.323 e. The highest BCUT2D eigenvalue weighted by molar-refractivity contribution is 5.80. The lowest BCUT2D eigenvalue weighted by atomic mass is 10.2. The topological polar surface area (TPSA) is 75.5 Å². The van der Waals surface area contributed by atoms with Gasteiger partial charge in [0.1, 0.15) is 18.3 Å². The standard InChI is InChI=1S/C18H24F2N4O3/c1-12(2)15(19)9-16(20)14(4)27-17(21-5)22-10-13(3)24-7-6-8-26-11-23-18(24)25/h9-10H,1,5-8,11H2,2-4H3,(H,23,25)/b13-10+,15-9+,16-14-,22-17?. The molecule has 27 heavy (non-hydrogen) atoms. The van der Waals surface area contributed by atoms with E-state index in [0.717, 1.165) is 0 Å². The third kappa shape index (κ3) is 7.53. The number of ether oxygens (including phenoxy) is 2. The van der Waals surface area contributed by atoms with Crippen LogP contribution in [0.1, 0.15) is 27.2 Å². The van der Waals surface area contributed by atoms with Crippen molar-refractivity contribution in [1.29, 1.82) is 0 Å². The Morgan fingerprint density at radius 2 is 2.07 bits per heavy atom. The molecule has 1 saturated heterocycles. The first-order valence-electron chi connectivity index (χ1n) is 8.18. The Morgan fingerprint density at radius 3 is 2.70 bits per heavy atom. The van der Waals surface area contributed by atoms with Gasteiger partial charge in [0.2, 0.25) is 0 Å². The van der Waals surface area contributed by atoms with Gasteiger partial charge in [-0.1, -0.05) is 6.58 Å². The number of nitrogens with zero attached hydrogens (tertiary/aromatic N) is 3. The zero-order valence-corrected chi connectivity index (χ0v) is 15.7. The van der Waals surface area contributed by atoms with Crippen molar-refractivity contribution in [2.75, 3.05) is 19.9 Å². The van der Waals surface area contributed by atoms with Gasteiger partial charge in [0.05, 0.1) is 12.8 Å². The first-order chi connectivity index (χ1) is 12.8. The maximum atomic E-state index is 13.9. The van der Waals surface area contributed by atoms with Crippen LogP contribution in [0.5, 0.6) is 0 Å². The van der Waals surface area contributed by atoms with Gasteiger partial charge in [-0.3, -0.25) is 4.90 Å². The van der Waals surface area contributed by atoms with E-state index in [1.54, 1.807) is 6.92 Å². The van der Waals surface area contributed by atoms with Crippen molar-refractivity contribution in [3.63, 3.8) is 0 Å². The van der Waals surface area contributed by atoms with Crippen LogP contribution in [0.15, 0.2) is 57.5 Å². The summed E-state index contributed by atoms with van der Waals surface area (Å²) in [5.74, 6) is -1.98. The third-order valence-corrected chi connectivity index (χ3v) is 3.41. The predicted octanol–water partition coefficient (Wildman–Crippen LogP) is 3.94. The molecule has 0 unspecified atom stereocenters. The van der Waals surface area contributed by atoms with Crippen molar-refractivity contribution < 1.29 is 23.0 Å². The highest BCUT2D eigenvalue weighted by Crippen LogP contribution is 2.17. The number of nitrogens with one attached hydrogen (secondary N) is 1. The lowest BCUT2D eigenvalue weighted by Crippen LogP contribution is -2.42. The summed E-state index contributed by atoms with van der Waals surface area (Å²) in [6.45, 7) is 12.2. The SMILES string of the molecule is C=NC(=N/C=C(\C)N1CCCOCNC1=O)O/C(C)=C(F)/C=C(/F)C(=C)C. The van der Waals surface area contributed by atoms with Crippen molar-refractivity contribution in [2.45, 2.75) is 27.2 Å². The molecular weight excluding hydrogens is 358 g/mol. The van der Waals surface area contributed by atoms with Crippen molar-refractivity contribution in [2.24, 2.45) is 9.98 Å². The Hall–Kier alpha value is -2.81. The largest absolute Gasteiger partial charge is 0.426 e. The van der Waals surface area contributed by atoms with E-state index in [4.69, 9.17) is 9.47 Å². The number of amidine groups is 1. The molecule has 1 aliphatic rings. The maximum Gasteiger partial charge on any atom is 0.323 e. The molecule has 2 amide bonds. The second-order valence-corrected chi connectivity index (χ2v) is 5.66. The molecule has 0 aliphatic carbocycles. The minimum absolute atomic E-state index is 0.0872. The highest BCUT2D eigenvalue weighted by atomic mass is 19.1. The summed E-state index contributed by atoms with van der Waals surface area (Å²) in [6, 6.07) is -0.572. The molecule has 0 aromatic heterocycles. The van der Waals surface area contributed by atoms with Gasteiger partial charge in [0.15, 0.2) is 5.83 Å². The zero-order chi connectivity index (χ0) is 20.4. The Bertz CT molecular complexity index is 711. The molecule has 0 saturated carbocycles. The van der Waals surface area contributed by atoms with Crippen molar-refractivity contribution in [3.05, 3.63) is 47.5 Å². The maximum absolute atomic E-state index is 13.9. The van der Waals surface area contributed by atoms with E-state index in [0.29, 0.717) is 31.3 Å². The van der Waals surface area contributed by atoms with E-state index in [1.807, 2.05) is 0 Å². The minimum atomic E-state index is -0.935. The van der Waals surface area contributed by atoms with Gasteiger partial charge >= 0.3 is 12.1 Å². The second-order valence-electron chi connectivity index (χ2n) is 5.66. The summed E-state index contributed by atoms with van der Waals surface area (Å²) in [7, 11) is 0. The van der Waals surface area contributed by atoms with Crippen LogP contribution >= 0.6 is 0 Å². The van der Waals surface area contributed by atoms with Gasteiger partial charge in [-0.25, -0.2) is 23.6 Å². The number of rotatable bonds is 5. The Balaban J connectivity index is 2.93. The fourth-order valence-electron chi connectivity index (χ4n) is 1.88. The first-order valence-corrected chi connectivity index (χ1v) is 8.18. The van der Waals surface area contributed by atoms with Crippen LogP contribution in [0, 0.1) is 0 Å². The van der Waals surface area contributed by atoms with Crippen LogP contribution in [-0.4, -0.2) is 43.6 Å². The van der Waals surface area contributed by atoms with Gasteiger partial charge in [0.25, 0.3) is 0 Å². The molecular formula is C18H24F2N4O3. The molecule has 0 spiro atoms. The number of allylic oxidation sites excluding steroid dienone is 6. The minimum Gasteiger partial charge on any atom is -0.426 e. The quantitative estimate of drug-likeness (QED) is 0.339. The van der Waals surface area contributed by atoms with E-state index < -0.39 is 11.7 Å². The fourth-order valence-corrected chi connectivity index (χ4v) is 1.88. The number of amides is 2. The summed E-state index contributed by atoms with van der Waals surface area (Å²) in [4.78, 5) is 21.0. The molecule has 0 radical (unpaired) electrons. The third-order valence-electron chi connectivity index (χ3n) is 3.41. The van der Waals surface area contributed by atoms with Crippen LogP contribution in [0.4, 0.5) is 13.6 Å². The van der Waals surface area contributed by atoms with E-state index in [1.165, 1.54) is 24.9 Å². The summed E-state index contributed by atoms with van der Waals surface area (Å²) in [6.07, 6.45) is 2.67. The average molecular weight is 382 g/mol. The fraction of sp³-hybridized carbons (Fsp3) is 0.389. The normalized spacial score (nSPS) is 18.2.